The number of carbonyl (C=O) groups excluding carboxylic acids is 1. The van der Waals surface area contributed by atoms with Crippen LogP contribution in [0.2, 0.25) is 0 Å². The number of pyridine rings is 1. The second kappa shape index (κ2) is 6.96. The predicted molar refractivity (Wildman–Crippen MR) is 84.7 cm³/mol. The SMILES string of the molecule is NC(=S)CCCCNC(=O)c1ccc2ccccc2n1. The number of rotatable bonds is 6. The number of nitrogens with two attached hydrogens (primary N) is 1. The number of nitrogens with one attached hydrogen (secondary N) is 1. The highest BCUT2D eigenvalue weighted by Crippen LogP contribution is 2.11. The van der Waals surface area contributed by atoms with Gasteiger partial charge in [-0.2, -0.15) is 0 Å². The van der Waals surface area contributed by atoms with Gasteiger partial charge in [-0.3, -0.25) is 4.79 Å². The minimum Gasteiger partial charge on any atom is -0.393 e. The Bertz CT molecular complexity index is 627. The van der Waals surface area contributed by atoms with Gasteiger partial charge in [0, 0.05) is 11.9 Å². The smallest absolute Gasteiger partial charge is 0.269 e. The van der Waals surface area contributed by atoms with Gasteiger partial charge < -0.3 is 11.1 Å². The Balaban J connectivity index is 1.89. The highest BCUT2D eigenvalue weighted by molar-refractivity contribution is 7.80. The highest BCUT2D eigenvalue weighted by atomic mass is 32.1. The topological polar surface area (TPSA) is 68.0 Å². The molecule has 0 aliphatic carbocycles. The zero-order chi connectivity index (χ0) is 14.4. The van der Waals surface area contributed by atoms with Gasteiger partial charge in [-0.25, -0.2) is 4.98 Å². The molecule has 1 heterocycles. The largest absolute Gasteiger partial charge is 0.393 e. The molecule has 104 valence electrons. The third-order valence-electron chi connectivity index (χ3n) is 2.97. The summed E-state index contributed by atoms with van der Waals surface area (Å²) in [5, 5.41) is 3.88. The van der Waals surface area contributed by atoms with E-state index in [2.05, 4.69) is 10.3 Å². The number of carbonyl (C=O) groups is 1. The summed E-state index contributed by atoms with van der Waals surface area (Å²) in [5.74, 6) is -0.147. The fraction of sp³-hybridized carbons (Fsp3) is 0.267. The Morgan fingerprint density at radius 3 is 2.80 bits per heavy atom. The number of hydrogen-bond acceptors (Lipinski definition) is 3. The number of thiocarbonyl (C=S) groups is 1. The van der Waals surface area contributed by atoms with Crippen LogP contribution >= 0.6 is 12.2 Å². The summed E-state index contributed by atoms with van der Waals surface area (Å²) in [6.45, 7) is 0.607. The molecule has 4 nitrogen and oxygen atoms in total. The zero-order valence-electron chi connectivity index (χ0n) is 11.1. The average molecular weight is 287 g/mol. The first-order chi connectivity index (χ1) is 9.66. The number of hydrogen-bond donors (Lipinski definition) is 2. The maximum Gasteiger partial charge on any atom is 0.269 e. The highest BCUT2D eigenvalue weighted by Gasteiger charge is 2.07. The molecular weight excluding hydrogens is 270 g/mol. The van der Waals surface area contributed by atoms with Crippen LogP contribution in [0.15, 0.2) is 36.4 Å². The van der Waals surface area contributed by atoms with E-state index >= 15 is 0 Å². The molecule has 0 spiro atoms. The summed E-state index contributed by atoms with van der Waals surface area (Å²) in [6.07, 6.45) is 2.47. The molecule has 1 aromatic heterocycles. The number of aromatic nitrogens is 1. The molecule has 0 aliphatic rings. The van der Waals surface area contributed by atoms with Crippen molar-refractivity contribution in [2.24, 2.45) is 5.73 Å². The molecule has 0 atom stereocenters. The van der Waals surface area contributed by atoms with Crippen LogP contribution in [-0.4, -0.2) is 22.4 Å². The first kappa shape index (κ1) is 14.4. The van der Waals surface area contributed by atoms with Crippen LogP contribution in [0.5, 0.6) is 0 Å². The first-order valence-corrected chi connectivity index (χ1v) is 7.00. The molecule has 1 amide bonds. The first-order valence-electron chi connectivity index (χ1n) is 6.59. The third-order valence-corrected chi connectivity index (χ3v) is 3.17. The number of unbranched alkanes of at least 4 members (excludes halogenated alkanes) is 1. The standard InChI is InChI=1S/C15H17N3OS/c16-14(20)7-3-4-10-17-15(19)13-9-8-11-5-1-2-6-12(11)18-13/h1-2,5-6,8-9H,3-4,7,10H2,(H2,16,20)(H,17,19). The maximum atomic E-state index is 12.0. The van der Waals surface area contributed by atoms with E-state index in [0.29, 0.717) is 17.2 Å². The third kappa shape index (κ3) is 3.99. The quantitative estimate of drug-likeness (QED) is 0.632. The van der Waals surface area contributed by atoms with Gasteiger partial charge in [-0.15, -0.1) is 0 Å². The van der Waals surface area contributed by atoms with Crippen LogP contribution < -0.4 is 11.1 Å². The molecular formula is C15H17N3OS. The van der Waals surface area contributed by atoms with Crippen molar-refractivity contribution in [1.82, 2.24) is 10.3 Å². The lowest BCUT2D eigenvalue weighted by atomic mass is 10.2. The summed E-state index contributed by atoms with van der Waals surface area (Å²) >= 11 is 4.80. The minimum absolute atomic E-state index is 0.147. The van der Waals surface area contributed by atoms with Crippen molar-refractivity contribution in [3.8, 4) is 0 Å². The molecule has 3 N–H and O–H groups in total. The molecule has 0 saturated carbocycles. The molecule has 0 aliphatic heterocycles. The van der Waals surface area contributed by atoms with E-state index in [4.69, 9.17) is 18.0 Å². The summed E-state index contributed by atoms with van der Waals surface area (Å²) in [7, 11) is 0. The second-order valence-electron chi connectivity index (χ2n) is 4.57. The summed E-state index contributed by atoms with van der Waals surface area (Å²) in [4.78, 5) is 16.8. The van der Waals surface area contributed by atoms with Gasteiger partial charge in [0.2, 0.25) is 0 Å². The fourth-order valence-electron chi connectivity index (χ4n) is 1.91. The molecule has 5 heteroatoms. The number of amides is 1. The van der Waals surface area contributed by atoms with Crippen LogP contribution in [0.4, 0.5) is 0 Å². The van der Waals surface area contributed by atoms with Gasteiger partial charge in [0.1, 0.15) is 5.69 Å². The zero-order valence-corrected chi connectivity index (χ0v) is 12.0. The van der Waals surface area contributed by atoms with Crippen molar-refractivity contribution >= 4 is 34.0 Å². The predicted octanol–water partition coefficient (Wildman–Crippen LogP) is 2.42. The summed E-state index contributed by atoms with van der Waals surface area (Å²) < 4.78 is 0. The molecule has 0 bridgehead atoms. The van der Waals surface area contributed by atoms with E-state index in [9.17, 15) is 4.79 Å². The van der Waals surface area contributed by atoms with Gasteiger partial charge in [0.05, 0.1) is 10.5 Å². The Hall–Kier alpha value is -2.01. The van der Waals surface area contributed by atoms with Crippen LogP contribution in [0.25, 0.3) is 10.9 Å². The van der Waals surface area contributed by atoms with E-state index in [1.807, 2.05) is 30.3 Å². The second-order valence-corrected chi connectivity index (χ2v) is 5.09. The van der Waals surface area contributed by atoms with Crippen LogP contribution in [0.1, 0.15) is 29.8 Å². The lowest BCUT2D eigenvalue weighted by Crippen LogP contribution is -2.25. The van der Waals surface area contributed by atoms with E-state index < -0.39 is 0 Å². The molecule has 2 rings (SSSR count). The molecule has 0 unspecified atom stereocenters. The van der Waals surface area contributed by atoms with Crippen LogP contribution in [0.3, 0.4) is 0 Å². The number of fused-ring (bicyclic) bond motifs is 1. The number of benzene rings is 1. The van der Waals surface area contributed by atoms with E-state index in [1.54, 1.807) is 6.07 Å². The summed E-state index contributed by atoms with van der Waals surface area (Å²) in [5.41, 5.74) is 6.68. The lowest BCUT2D eigenvalue weighted by Gasteiger charge is -2.05. The van der Waals surface area contributed by atoms with Crippen molar-refractivity contribution in [3.05, 3.63) is 42.1 Å². The Morgan fingerprint density at radius 2 is 2.00 bits per heavy atom. The Labute approximate surface area is 123 Å². The molecule has 2 aromatic rings. The van der Waals surface area contributed by atoms with E-state index in [0.717, 1.165) is 30.2 Å². The van der Waals surface area contributed by atoms with Gasteiger partial charge in [-0.05, 0) is 31.4 Å². The normalized spacial score (nSPS) is 10.4. The number of nitrogens with zero attached hydrogens (tertiary/aromatic N) is 1. The molecule has 1 aromatic carbocycles. The Kier molecular flexibility index (Phi) is 5.01. The Morgan fingerprint density at radius 1 is 1.20 bits per heavy atom. The minimum atomic E-state index is -0.147. The van der Waals surface area contributed by atoms with Crippen molar-refractivity contribution < 1.29 is 4.79 Å². The van der Waals surface area contributed by atoms with Gasteiger partial charge in [-0.1, -0.05) is 36.5 Å². The van der Waals surface area contributed by atoms with E-state index in [-0.39, 0.29) is 5.91 Å². The van der Waals surface area contributed by atoms with Crippen molar-refractivity contribution in [2.45, 2.75) is 19.3 Å². The summed E-state index contributed by atoms with van der Waals surface area (Å²) in [6, 6.07) is 11.4. The molecule has 0 saturated heterocycles. The van der Waals surface area contributed by atoms with Crippen molar-refractivity contribution in [3.63, 3.8) is 0 Å². The van der Waals surface area contributed by atoms with Crippen LogP contribution in [0, 0.1) is 0 Å². The average Bonchev–Trinajstić information content (AvgIpc) is 2.46. The van der Waals surface area contributed by atoms with E-state index in [1.165, 1.54) is 0 Å². The van der Waals surface area contributed by atoms with Crippen LogP contribution in [-0.2, 0) is 0 Å². The molecule has 0 radical (unpaired) electrons. The van der Waals surface area contributed by atoms with Gasteiger partial charge >= 0.3 is 0 Å². The van der Waals surface area contributed by atoms with Gasteiger partial charge in [0.15, 0.2) is 0 Å². The maximum absolute atomic E-state index is 12.0. The van der Waals surface area contributed by atoms with Crippen molar-refractivity contribution in [1.29, 1.82) is 0 Å². The van der Waals surface area contributed by atoms with Gasteiger partial charge in [0.25, 0.3) is 5.91 Å². The molecule has 20 heavy (non-hydrogen) atoms. The monoisotopic (exact) mass is 287 g/mol. The fourth-order valence-corrected chi connectivity index (χ4v) is 2.05. The lowest BCUT2D eigenvalue weighted by molar-refractivity contribution is 0.0948. The molecule has 0 fully saturated rings. The number of para-hydroxylation sites is 1. The van der Waals surface area contributed by atoms with Crippen molar-refractivity contribution in [2.75, 3.05) is 6.54 Å².